The smallest absolute Gasteiger partial charge is 0.143 e. The molecule has 1 heterocycles. The molecule has 0 bridgehead atoms. The third-order valence-corrected chi connectivity index (χ3v) is 3.87. The van der Waals surface area contributed by atoms with E-state index in [-0.39, 0.29) is 11.5 Å². The van der Waals surface area contributed by atoms with Gasteiger partial charge in [-0.3, -0.25) is 4.79 Å². The molecule has 1 aliphatic heterocycles. The number of rotatable bonds is 2. The van der Waals surface area contributed by atoms with Crippen LogP contribution in [0.1, 0.15) is 51.4 Å². The van der Waals surface area contributed by atoms with Crippen LogP contribution < -0.4 is 0 Å². The summed E-state index contributed by atoms with van der Waals surface area (Å²) in [4.78, 5) is 17.1. The average Bonchev–Trinajstić information content (AvgIpc) is 2.85. The van der Waals surface area contributed by atoms with Crippen LogP contribution in [0.5, 0.6) is 0 Å². The Balaban J connectivity index is 1.58. The van der Waals surface area contributed by atoms with Crippen LogP contribution in [0, 0.1) is 5.92 Å². The van der Waals surface area contributed by atoms with Gasteiger partial charge in [0.25, 0.3) is 0 Å². The maximum absolute atomic E-state index is 11.7. The molecule has 0 unspecified atom stereocenters. The van der Waals surface area contributed by atoms with E-state index in [4.69, 9.17) is 4.84 Å². The largest absolute Gasteiger partial charge is 0.389 e. The number of hydrogen-bond donors (Lipinski definition) is 0. The van der Waals surface area contributed by atoms with E-state index in [0.717, 1.165) is 50.7 Å². The molecule has 2 aliphatic carbocycles. The summed E-state index contributed by atoms with van der Waals surface area (Å²) in [5, 5.41) is 4.14. The molecular formula is C12H17NO2. The minimum atomic E-state index is 0.0903. The Labute approximate surface area is 89.9 Å². The van der Waals surface area contributed by atoms with E-state index < -0.39 is 0 Å². The predicted molar refractivity (Wildman–Crippen MR) is 56.7 cm³/mol. The quantitative estimate of drug-likeness (QED) is 0.697. The van der Waals surface area contributed by atoms with Gasteiger partial charge in [-0.15, -0.1) is 0 Å². The van der Waals surface area contributed by atoms with Crippen molar-refractivity contribution < 1.29 is 9.63 Å². The summed E-state index contributed by atoms with van der Waals surface area (Å²) in [6.45, 7) is 0. The van der Waals surface area contributed by atoms with Crippen molar-refractivity contribution in [2.24, 2.45) is 11.1 Å². The molecule has 3 nitrogen and oxygen atoms in total. The molecule has 1 spiro atoms. The Morgan fingerprint density at radius 3 is 2.93 bits per heavy atom. The first kappa shape index (κ1) is 9.37. The molecule has 1 atom stereocenters. The molecule has 2 fully saturated rings. The normalized spacial score (nSPS) is 32.7. The molecule has 82 valence electrons. The number of Topliss-reactive ketones (excluding diaryl/α,β-unsaturated/α-hetero) is 1. The Hall–Kier alpha value is -0.860. The summed E-state index contributed by atoms with van der Waals surface area (Å²) >= 11 is 0. The molecule has 2 saturated carbocycles. The van der Waals surface area contributed by atoms with Crippen molar-refractivity contribution in [3.63, 3.8) is 0 Å². The van der Waals surface area contributed by atoms with Crippen LogP contribution >= 0.6 is 0 Å². The van der Waals surface area contributed by atoms with Gasteiger partial charge in [0.2, 0.25) is 0 Å². The molecule has 0 amide bonds. The lowest BCUT2D eigenvalue weighted by Crippen LogP contribution is -2.22. The fourth-order valence-corrected chi connectivity index (χ4v) is 2.67. The molecule has 3 aliphatic rings. The first-order valence-electron chi connectivity index (χ1n) is 6.04. The number of carbonyl (C=O) groups excluding carboxylic acids is 1. The maximum Gasteiger partial charge on any atom is 0.143 e. The standard InChI is InChI=1S/C12H17NO2/c14-11-4-2-1-3-9(11)7-10-8-12(5-6-12)15-13-10/h9H,1-8H2/t9-/m0/s1. The number of hydrogen-bond acceptors (Lipinski definition) is 3. The van der Waals surface area contributed by atoms with Crippen molar-refractivity contribution in [1.29, 1.82) is 0 Å². The summed E-state index contributed by atoms with van der Waals surface area (Å²) in [5.41, 5.74) is 1.22. The van der Waals surface area contributed by atoms with Crippen LogP contribution in [0.3, 0.4) is 0 Å². The molecule has 0 radical (unpaired) electrons. The van der Waals surface area contributed by atoms with Gasteiger partial charge in [-0.05, 0) is 32.1 Å². The van der Waals surface area contributed by atoms with Crippen molar-refractivity contribution in [2.75, 3.05) is 0 Å². The SMILES string of the molecule is O=C1CCCC[C@H]1CC1=NOC2(CC2)C1. The van der Waals surface area contributed by atoms with Crippen molar-refractivity contribution in [3.8, 4) is 0 Å². The van der Waals surface area contributed by atoms with Crippen LogP contribution in [0.2, 0.25) is 0 Å². The van der Waals surface area contributed by atoms with Crippen LogP contribution in [0.15, 0.2) is 5.16 Å². The topological polar surface area (TPSA) is 38.7 Å². The van der Waals surface area contributed by atoms with Crippen molar-refractivity contribution in [3.05, 3.63) is 0 Å². The van der Waals surface area contributed by atoms with Crippen LogP contribution in [0.4, 0.5) is 0 Å². The maximum atomic E-state index is 11.7. The second-order valence-corrected chi connectivity index (χ2v) is 5.22. The predicted octanol–water partition coefficient (Wildman–Crippen LogP) is 2.44. The molecule has 0 N–H and O–H groups in total. The van der Waals surface area contributed by atoms with E-state index in [1.165, 1.54) is 6.42 Å². The lowest BCUT2D eigenvalue weighted by Gasteiger charge is -2.19. The van der Waals surface area contributed by atoms with E-state index in [1.54, 1.807) is 0 Å². The van der Waals surface area contributed by atoms with Crippen LogP contribution in [-0.4, -0.2) is 17.1 Å². The summed E-state index contributed by atoms with van der Waals surface area (Å²) in [5.74, 6) is 0.690. The highest BCUT2D eigenvalue weighted by Crippen LogP contribution is 2.47. The number of nitrogens with zero attached hydrogens (tertiary/aromatic N) is 1. The minimum Gasteiger partial charge on any atom is -0.389 e. The zero-order valence-corrected chi connectivity index (χ0v) is 9.00. The third kappa shape index (κ3) is 1.80. The highest BCUT2D eigenvalue weighted by molar-refractivity contribution is 5.92. The Kier molecular flexibility index (Phi) is 2.08. The molecule has 3 rings (SSSR count). The van der Waals surface area contributed by atoms with Gasteiger partial charge in [0.15, 0.2) is 0 Å². The van der Waals surface area contributed by atoms with Crippen molar-refractivity contribution in [1.82, 2.24) is 0 Å². The number of ketones is 1. The second-order valence-electron chi connectivity index (χ2n) is 5.22. The Bertz CT molecular complexity index is 318. The zero-order valence-electron chi connectivity index (χ0n) is 9.00. The van der Waals surface area contributed by atoms with Crippen molar-refractivity contribution in [2.45, 2.75) is 57.0 Å². The van der Waals surface area contributed by atoms with E-state index in [0.29, 0.717) is 5.78 Å². The number of oxime groups is 1. The summed E-state index contributed by atoms with van der Waals surface area (Å²) < 4.78 is 0. The van der Waals surface area contributed by atoms with Crippen molar-refractivity contribution >= 4 is 11.5 Å². The fraction of sp³-hybridized carbons (Fsp3) is 0.833. The second kappa shape index (κ2) is 3.32. The average molecular weight is 207 g/mol. The lowest BCUT2D eigenvalue weighted by molar-refractivity contribution is -0.124. The monoisotopic (exact) mass is 207 g/mol. The van der Waals surface area contributed by atoms with Crippen LogP contribution in [0.25, 0.3) is 0 Å². The lowest BCUT2D eigenvalue weighted by atomic mass is 9.84. The number of carbonyl (C=O) groups is 1. The zero-order chi connectivity index (χ0) is 10.3. The van der Waals surface area contributed by atoms with Gasteiger partial charge in [-0.2, -0.15) is 0 Å². The van der Waals surface area contributed by atoms with Gasteiger partial charge >= 0.3 is 0 Å². The van der Waals surface area contributed by atoms with E-state index in [2.05, 4.69) is 5.16 Å². The third-order valence-electron chi connectivity index (χ3n) is 3.87. The first-order chi connectivity index (χ1) is 7.27. The van der Waals surface area contributed by atoms with Gasteiger partial charge in [0.05, 0.1) is 5.71 Å². The minimum absolute atomic E-state index is 0.0903. The molecular weight excluding hydrogens is 190 g/mol. The van der Waals surface area contributed by atoms with Gasteiger partial charge in [0, 0.05) is 18.8 Å². The molecule has 0 aromatic rings. The van der Waals surface area contributed by atoms with E-state index in [9.17, 15) is 4.79 Å². The summed E-state index contributed by atoms with van der Waals surface area (Å²) in [6, 6.07) is 0. The highest BCUT2D eigenvalue weighted by atomic mass is 16.7. The molecule has 0 aromatic carbocycles. The molecule has 0 aromatic heterocycles. The summed E-state index contributed by atoms with van der Waals surface area (Å²) in [6.07, 6.45) is 8.28. The van der Waals surface area contributed by atoms with Gasteiger partial charge in [-0.25, -0.2) is 0 Å². The Morgan fingerprint density at radius 2 is 2.27 bits per heavy atom. The Morgan fingerprint density at radius 1 is 1.40 bits per heavy atom. The molecule has 15 heavy (non-hydrogen) atoms. The van der Waals surface area contributed by atoms with Gasteiger partial charge < -0.3 is 4.84 Å². The van der Waals surface area contributed by atoms with Crippen LogP contribution in [-0.2, 0) is 9.63 Å². The molecule has 0 saturated heterocycles. The van der Waals surface area contributed by atoms with E-state index in [1.807, 2.05) is 0 Å². The first-order valence-corrected chi connectivity index (χ1v) is 6.04. The highest BCUT2D eigenvalue weighted by Gasteiger charge is 2.50. The van der Waals surface area contributed by atoms with Gasteiger partial charge in [-0.1, -0.05) is 11.6 Å². The van der Waals surface area contributed by atoms with Gasteiger partial charge in [0.1, 0.15) is 11.4 Å². The molecule has 3 heteroatoms. The van der Waals surface area contributed by atoms with E-state index >= 15 is 0 Å². The fourth-order valence-electron chi connectivity index (χ4n) is 2.67. The summed E-state index contributed by atoms with van der Waals surface area (Å²) in [7, 11) is 0.